The molecule has 2 rings (SSSR count). The summed E-state index contributed by atoms with van der Waals surface area (Å²) in [6, 6.07) is 0. The molecule has 2 aromatic heterocycles. The van der Waals surface area contributed by atoms with Gasteiger partial charge >= 0.3 is 0 Å². The van der Waals surface area contributed by atoms with E-state index in [2.05, 4.69) is 26.1 Å². The molecule has 0 saturated heterocycles. The number of aryl methyl sites for hydroxylation is 3. The minimum atomic E-state index is -0.0381. The number of aromatic nitrogens is 4. The van der Waals surface area contributed by atoms with Gasteiger partial charge in [0.05, 0.1) is 27.6 Å². The van der Waals surface area contributed by atoms with E-state index in [1.54, 1.807) is 23.0 Å². The molecule has 106 valence electrons. The molecule has 0 fully saturated rings. The third-order valence-electron chi connectivity index (χ3n) is 3.28. The zero-order chi connectivity index (χ0) is 14.9. The lowest BCUT2D eigenvalue weighted by Gasteiger charge is -2.00. The third kappa shape index (κ3) is 2.60. The standard InChI is InChI=1S/C14H17BrN4O/c1-5-19-12(11(15)8-16-19)6-7-13(20)14-9(2)17-18(4)10(14)3/h6-8H,5H2,1-4H3/b7-6+. The molecule has 0 N–H and O–H groups in total. The molecule has 0 spiro atoms. The van der Waals surface area contributed by atoms with Crippen LogP contribution in [0.4, 0.5) is 0 Å². The molecule has 0 atom stereocenters. The molecule has 2 heterocycles. The topological polar surface area (TPSA) is 52.7 Å². The van der Waals surface area contributed by atoms with Crippen molar-refractivity contribution in [3.8, 4) is 0 Å². The van der Waals surface area contributed by atoms with Crippen molar-refractivity contribution >= 4 is 27.8 Å². The highest BCUT2D eigenvalue weighted by Gasteiger charge is 2.15. The highest BCUT2D eigenvalue weighted by Crippen LogP contribution is 2.19. The molecule has 5 nitrogen and oxygen atoms in total. The van der Waals surface area contributed by atoms with Crippen molar-refractivity contribution < 1.29 is 4.79 Å². The number of carbonyl (C=O) groups is 1. The lowest BCUT2D eigenvalue weighted by atomic mass is 10.1. The summed E-state index contributed by atoms with van der Waals surface area (Å²) in [5, 5.41) is 8.48. The van der Waals surface area contributed by atoms with Crippen molar-refractivity contribution in [1.29, 1.82) is 0 Å². The van der Waals surface area contributed by atoms with Crippen molar-refractivity contribution in [2.24, 2.45) is 7.05 Å². The smallest absolute Gasteiger partial charge is 0.189 e. The Labute approximate surface area is 126 Å². The van der Waals surface area contributed by atoms with Gasteiger partial charge in [0.1, 0.15) is 0 Å². The summed E-state index contributed by atoms with van der Waals surface area (Å²) in [6.07, 6.45) is 5.09. The van der Waals surface area contributed by atoms with Gasteiger partial charge in [0.15, 0.2) is 5.78 Å². The number of hydrogen-bond donors (Lipinski definition) is 0. The number of rotatable bonds is 4. The van der Waals surface area contributed by atoms with E-state index in [9.17, 15) is 4.79 Å². The Morgan fingerprint density at radius 3 is 2.70 bits per heavy atom. The van der Waals surface area contributed by atoms with Gasteiger partial charge in [-0.3, -0.25) is 14.2 Å². The minimum absolute atomic E-state index is 0.0381. The van der Waals surface area contributed by atoms with Gasteiger partial charge in [-0.25, -0.2) is 0 Å². The molecule has 6 heteroatoms. The highest BCUT2D eigenvalue weighted by molar-refractivity contribution is 9.10. The lowest BCUT2D eigenvalue weighted by molar-refractivity contribution is 0.104. The van der Waals surface area contributed by atoms with Crippen LogP contribution in [-0.2, 0) is 13.6 Å². The van der Waals surface area contributed by atoms with Crippen LogP contribution in [0.5, 0.6) is 0 Å². The molecular formula is C14H17BrN4O. The van der Waals surface area contributed by atoms with Crippen molar-refractivity contribution in [3.05, 3.63) is 39.4 Å². The maximum atomic E-state index is 12.3. The maximum Gasteiger partial charge on any atom is 0.189 e. The number of hydrogen-bond acceptors (Lipinski definition) is 3. The molecule has 20 heavy (non-hydrogen) atoms. The van der Waals surface area contributed by atoms with E-state index in [4.69, 9.17) is 0 Å². The second-order valence-corrected chi connectivity index (χ2v) is 5.41. The Bertz CT molecular complexity index is 682. The fourth-order valence-electron chi connectivity index (χ4n) is 2.16. The first-order valence-electron chi connectivity index (χ1n) is 6.39. The summed E-state index contributed by atoms with van der Waals surface area (Å²) < 4.78 is 4.43. The molecule has 0 aromatic carbocycles. The number of allylic oxidation sites excluding steroid dienone is 1. The predicted molar refractivity (Wildman–Crippen MR) is 81.6 cm³/mol. The van der Waals surface area contributed by atoms with Gasteiger partial charge in [0, 0.05) is 19.3 Å². The normalized spacial score (nSPS) is 11.4. The van der Waals surface area contributed by atoms with Crippen LogP contribution in [0.3, 0.4) is 0 Å². The molecule has 0 aliphatic rings. The summed E-state index contributed by atoms with van der Waals surface area (Å²) in [5.74, 6) is -0.0381. The zero-order valence-electron chi connectivity index (χ0n) is 12.0. The Kier molecular flexibility index (Phi) is 4.23. The molecule has 0 radical (unpaired) electrons. The second-order valence-electron chi connectivity index (χ2n) is 4.56. The first-order valence-corrected chi connectivity index (χ1v) is 7.19. The molecular weight excluding hydrogens is 320 g/mol. The minimum Gasteiger partial charge on any atom is -0.289 e. The van der Waals surface area contributed by atoms with E-state index in [0.29, 0.717) is 5.56 Å². The van der Waals surface area contributed by atoms with Crippen LogP contribution in [0, 0.1) is 13.8 Å². The average Bonchev–Trinajstić information content (AvgIpc) is 2.88. The lowest BCUT2D eigenvalue weighted by Crippen LogP contribution is -2.01. The summed E-state index contributed by atoms with van der Waals surface area (Å²) in [4.78, 5) is 12.3. The summed E-state index contributed by atoms with van der Waals surface area (Å²) in [6.45, 7) is 6.51. The van der Waals surface area contributed by atoms with Gasteiger partial charge in [-0.05, 0) is 48.9 Å². The Hall–Kier alpha value is -1.69. The first kappa shape index (κ1) is 14.7. The summed E-state index contributed by atoms with van der Waals surface area (Å²) in [5.41, 5.74) is 3.19. The molecule has 0 bridgehead atoms. The van der Waals surface area contributed by atoms with Crippen LogP contribution in [-0.4, -0.2) is 25.3 Å². The second kappa shape index (κ2) is 5.75. The monoisotopic (exact) mass is 336 g/mol. The van der Waals surface area contributed by atoms with Crippen molar-refractivity contribution in [2.75, 3.05) is 0 Å². The Morgan fingerprint density at radius 2 is 2.15 bits per heavy atom. The summed E-state index contributed by atoms with van der Waals surface area (Å²) >= 11 is 3.44. The van der Waals surface area contributed by atoms with Gasteiger partial charge in [0.2, 0.25) is 0 Å². The number of carbonyl (C=O) groups excluding carboxylic acids is 1. The number of nitrogens with zero attached hydrogens (tertiary/aromatic N) is 4. The van der Waals surface area contributed by atoms with Crippen LogP contribution in [0.15, 0.2) is 16.7 Å². The fraction of sp³-hybridized carbons (Fsp3) is 0.357. The van der Waals surface area contributed by atoms with Crippen LogP contribution in [0.1, 0.15) is 34.4 Å². The van der Waals surface area contributed by atoms with Crippen molar-refractivity contribution in [1.82, 2.24) is 19.6 Å². The molecule has 2 aromatic rings. The van der Waals surface area contributed by atoms with Gasteiger partial charge in [-0.1, -0.05) is 0 Å². The highest BCUT2D eigenvalue weighted by atomic mass is 79.9. The number of ketones is 1. The van der Waals surface area contributed by atoms with E-state index < -0.39 is 0 Å². The van der Waals surface area contributed by atoms with E-state index in [-0.39, 0.29) is 5.78 Å². The van der Waals surface area contributed by atoms with Gasteiger partial charge in [0.25, 0.3) is 0 Å². The third-order valence-corrected chi connectivity index (χ3v) is 3.89. The Morgan fingerprint density at radius 1 is 1.45 bits per heavy atom. The van der Waals surface area contributed by atoms with E-state index in [1.165, 1.54) is 0 Å². The molecule has 0 amide bonds. The molecule has 0 unspecified atom stereocenters. The van der Waals surface area contributed by atoms with Crippen LogP contribution in [0.25, 0.3) is 6.08 Å². The number of halogens is 1. The van der Waals surface area contributed by atoms with Crippen LogP contribution < -0.4 is 0 Å². The molecule has 0 aliphatic carbocycles. The molecule has 0 aliphatic heterocycles. The first-order chi connectivity index (χ1) is 9.45. The predicted octanol–water partition coefficient (Wildman–Crippen LogP) is 2.91. The van der Waals surface area contributed by atoms with Crippen molar-refractivity contribution in [2.45, 2.75) is 27.3 Å². The average molecular weight is 337 g/mol. The summed E-state index contributed by atoms with van der Waals surface area (Å²) in [7, 11) is 1.84. The van der Waals surface area contributed by atoms with Crippen LogP contribution >= 0.6 is 15.9 Å². The van der Waals surface area contributed by atoms with Crippen LogP contribution in [0.2, 0.25) is 0 Å². The van der Waals surface area contributed by atoms with Gasteiger partial charge in [-0.2, -0.15) is 10.2 Å². The largest absolute Gasteiger partial charge is 0.289 e. The van der Waals surface area contributed by atoms with Gasteiger partial charge < -0.3 is 0 Å². The fourth-order valence-corrected chi connectivity index (χ4v) is 2.59. The van der Waals surface area contributed by atoms with E-state index in [1.807, 2.05) is 32.5 Å². The maximum absolute atomic E-state index is 12.3. The zero-order valence-corrected chi connectivity index (χ0v) is 13.6. The van der Waals surface area contributed by atoms with Gasteiger partial charge in [-0.15, -0.1) is 0 Å². The Balaban J connectivity index is 2.32. The van der Waals surface area contributed by atoms with E-state index >= 15 is 0 Å². The van der Waals surface area contributed by atoms with Crippen molar-refractivity contribution in [3.63, 3.8) is 0 Å². The van der Waals surface area contributed by atoms with E-state index in [0.717, 1.165) is 28.1 Å². The molecule has 0 saturated carbocycles. The SMILES string of the molecule is CCn1ncc(Br)c1/C=C/C(=O)c1c(C)nn(C)c1C. The quantitative estimate of drug-likeness (QED) is 0.637.